The van der Waals surface area contributed by atoms with E-state index in [1.54, 1.807) is 36.4 Å². The molecule has 1 aliphatic rings. The Labute approximate surface area is 160 Å². The molecule has 7 heteroatoms. The normalized spacial score (nSPS) is 17.7. The number of methoxy groups -OCH3 is 3. The molecule has 2 heterocycles. The number of hydrogen-bond acceptors (Lipinski definition) is 7. The van der Waals surface area contributed by atoms with Crippen LogP contribution in [0.4, 0.5) is 0 Å². The van der Waals surface area contributed by atoms with E-state index in [-0.39, 0.29) is 5.56 Å². The largest absolute Gasteiger partial charge is 0.493 e. The molecular weight excluding hydrogens is 364 g/mol. The molecule has 0 spiro atoms. The Morgan fingerprint density at radius 3 is 2.46 bits per heavy atom. The van der Waals surface area contributed by atoms with Crippen molar-refractivity contribution < 1.29 is 28.2 Å². The van der Waals surface area contributed by atoms with Crippen molar-refractivity contribution in [2.45, 2.75) is 12.0 Å². The molecule has 0 amide bonds. The van der Waals surface area contributed by atoms with Crippen LogP contribution in [-0.2, 0) is 9.53 Å². The van der Waals surface area contributed by atoms with Crippen molar-refractivity contribution in [3.63, 3.8) is 0 Å². The van der Waals surface area contributed by atoms with E-state index < -0.39 is 23.6 Å². The Kier molecular flexibility index (Phi) is 4.43. The van der Waals surface area contributed by atoms with Crippen LogP contribution in [0.2, 0.25) is 0 Å². The zero-order chi connectivity index (χ0) is 19.8. The molecule has 1 aromatic heterocycles. The Morgan fingerprint density at radius 2 is 1.75 bits per heavy atom. The van der Waals surface area contributed by atoms with Crippen LogP contribution in [0.5, 0.6) is 17.2 Å². The Morgan fingerprint density at radius 1 is 1.00 bits per heavy atom. The van der Waals surface area contributed by atoms with Crippen LogP contribution in [0.1, 0.15) is 17.0 Å². The van der Waals surface area contributed by atoms with E-state index in [2.05, 4.69) is 0 Å². The number of esters is 1. The molecule has 0 saturated heterocycles. The first kappa shape index (κ1) is 17.9. The van der Waals surface area contributed by atoms with Gasteiger partial charge in [-0.2, -0.15) is 0 Å². The number of benzene rings is 2. The maximum absolute atomic E-state index is 12.8. The van der Waals surface area contributed by atoms with Crippen LogP contribution in [0.3, 0.4) is 0 Å². The van der Waals surface area contributed by atoms with Crippen molar-refractivity contribution in [1.29, 1.82) is 0 Å². The summed E-state index contributed by atoms with van der Waals surface area (Å²) in [4.78, 5) is 25.2. The summed E-state index contributed by atoms with van der Waals surface area (Å²) < 4.78 is 27.0. The molecule has 0 radical (unpaired) electrons. The summed E-state index contributed by atoms with van der Waals surface area (Å²) >= 11 is 0. The van der Waals surface area contributed by atoms with E-state index >= 15 is 0 Å². The summed E-state index contributed by atoms with van der Waals surface area (Å²) in [6, 6.07) is 12.2. The molecule has 1 aliphatic heterocycles. The zero-order valence-corrected chi connectivity index (χ0v) is 15.6. The highest BCUT2D eigenvalue weighted by atomic mass is 16.6. The Balaban J connectivity index is 1.96. The lowest BCUT2D eigenvalue weighted by atomic mass is 9.88. The monoisotopic (exact) mass is 382 g/mol. The molecule has 0 bridgehead atoms. The van der Waals surface area contributed by atoms with Crippen LogP contribution < -0.4 is 19.8 Å². The molecule has 7 nitrogen and oxygen atoms in total. The van der Waals surface area contributed by atoms with Crippen molar-refractivity contribution in [3.8, 4) is 17.2 Å². The minimum Gasteiger partial charge on any atom is -0.493 e. The third kappa shape index (κ3) is 2.67. The number of rotatable bonds is 4. The molecule has 0 fully saturated rings. The van der Waals surface area contributed by atoms with Gasteiger partial charge in [-0.05, 0) is 29.8 Å². The molecule has 0 saturated carbocycles. The minimum atomic E-state index is -1.02. The molecular formula is C21H18O7. The van der Waals surface area contributed by atoms with E-state index in [1.807, 2.05) is 6.07 Å². The summed E-state index contributed by atoms with van der Waals surface area (Å²) in [5.41, 5.74) is 0.762. The molecule has 3 aromatic rings. The van der Waals surface area contributed by atoms with Gasteiger partial charge in [0.25, 0.3) is 0 Å². The zero-order valence-electron chi connectivity index (χ0n) is 15.6. The van der Waals surface area contributed by atoms with Crippen LogP contribution in [-0.4, -0.2) is 33.4 Å². The highest BCUT2D eigenvalue weighted by Crippen LogP contribution is 2.45. The Hall–Kier alpha value is -3.48. The average Bonchev–Trinajstić information content (AvgIpc) is 3.14. The van der Waals surface area contributed by atoms with Gasteiger partial charge in [0.2, 0.25) is 6.10 Å². The first-order valence-electron chi connectivity index (χ1n) is 8.61. The maximum atomic E-state index is 12.8. The standard InChI is InChI=1S/C21H18O7/c1-24-14-9-8-11(10-15(14)25-2)16-17-18(28-19(16)21(23)26-3)12-6-4-5-7-13(12)27-20(17)22/h4-10,16,19H,1-3H3/t16-,19+/m1/s1. The van der Waals surface area contributed by atoms with Gasteiger partial charge in [-0.25, -0.2) is 9.59 Å². The van der Waals surface area contributed by atoms with Gasteiger partial charge in [0, 0.05) is 0 Å². The summed E-state index contributed by atoms with van der Waals surface area (Å²) in [5, 5.41) is 0.619. The lowest BCUT2D eigenvalue weighted by Gasteiger charge is -2.18. The van der Waals surface area contributed by atoms with Gasteiger partial charge in [0.15, 0.2) is 11.5 Å². The summed E-state index contributed by atoms with van der Waals surface area (Å²) in [6.45, 7) is 0. The number of fused-ring (bicyclic) bond motifs is 3. The number of ether oxygens (including phenoxy) is 4. The highest BCUT2D eigenvalue weighted by molar-refractivity contribution is 5.88. The number of carbonyl (C=O) groups is 1. The molecule has 28 heavy (non-hydrogen) atoms. The molecule has 2 atom stereocenters. The quantitative estimate of drug-likeness (QED) is 0.507. The summed E-state index contributed by atoms with van der Waals surface area (Å²) in [5.74, 6) is 0.0532. The second-order valence-corrected chi connectivity index (χ2v) is 6.28. The second kappa shape index (κ2) is 6.92. The molecule has 144 valence electrons. The SMILES string of the molecule is COC(=O)[C@H]1Oc2c(c(=O)oc3ccccc23)[C@H]1c1ccc(OC)c(OC)c1. The average molecular weight is 382 g/mol. The van der Waals surface area contributed by atoms with E-state index in [0.29, 0.717) is 33.8 Å². The third-order valence-electron chi connectivity index (χ3n) is 4.86. The van der Waals surface area contributed by atoms with E-state index in [9.17, 15) is 9.59 Å². The van der Waals surface area contributed by atoms with Crippen LogP contribution in [0.25, 0.3) is 11.0 Å². The summed E-state index contributed by atoms with van der Waals surface area (Å²) in [7, 11) is 4.32. The Bertz CT molecular complexity index is 1120. The fourth-order valence-corrected chi connectivity index (χ4v) is 3.57. The molecule has 2 aromatic carbocycles. The second-order valence-electron chi connectivity index (χ2n) is 6.28. The fourth-order valence-electron chi connectivity index (χ4n) is 3.57. The molecule has 0 aliphatic carbocycles. The van der Waals surface area contributed by atoms with Gasteiger partial charge in [-0.15, -0.1) is 0 Å². The minimum absolute atomic E-state index is 0.279. The van der Waals surface area contributed by atoms with Crippen molar-refractivity contribution in [1.82, 2.24) is 0 Å². The van der Waals surface area contributed by atoms with Gasteiger partial charge >= 0.3 is 11.6 Å². The van der Waals surface area contributed by atoms with Crippen LogP contribution in [0.15, 0.2) is 51.7 Å². The van der Waals surface area contributed by atoms with Crippen molar-refractivity contribution in [3.05, 3.63) is 64.0 Å². The highest BCUT2D eigenvalue weighted by Gasteiger charge is 2.45. The smallest absolute Gasteiger partial charge is 0.348 e. The summed E-state index contributed by atoms with van der Waals surface area (Å²) in [6.07, 6.45) is -1.02. The van der Waals surface area contributed by atoms with Crippen LogP contribution >= 0.6 is 0 Å². The van der Waals surface area contributed by atoms with Gasteiger partial charge < -0.3 is 23.4 Å². The van der Waals surface area contributed by atoms with Gasteiger partial charge in [0.05, 0.1) is 38.2 Å². The lowest BCUT2D eigenvalue weighted by molar-refractivity contribution is -0.148. The maximum Gasteiger partial charge on any atom is 0.348 e. The molecule has 0 N–H and O–H groups in total. The molecule has 4 rings (SSSR count). The van der Waals surface area contributed by atoms with Crippen molar-refractivity contribution in [2.24, 2.45) is 0 Å². The predicted octanol–water partition coefficient (Wildman–Crippen LogP) is 2.88. The topological polar surface area (TPSA) is 84.2 Å². The number of para-hydroxylation sites is 1. The molecule has 0 unspecified atom stereocenters. The van der Waals surface area contributed by atoms with E-state index in [1.165, 1.54) is 21.3 Å². The van der Waals surface area contributed by atoms with Gasteiger partial charge in [-0.3, -0.25) is 0 Å². The van der Waals surface area contributed by atoms with E-state index in [4.69, 9.17) is 23.4 Å². The predicted molar refractivity (Wildman–Crippen MR) is 100 cm³/mol. The van der Waals surface area contributed by atoms with E-state index in [0.717, 1.165) is 0 Å². The number of carbonyl (C=O) groups excluding carboxylic acids is 1. The third-order valence-corrected chi connectivity index (χ3v) is 4.86. The van der Waals surface area contributed by atoms with Crippen LogP contribution in [0, 0.1) is 0 Å². The lowest BCUT2D eigenvalue weighted by Crippen LogP contribution is -2.31. The van der Waals surface area contributed by atoms with Crippen molar-refractivity contribution in [2.75, 3.05) is 21.3 Å². The van der Waals surface area contributed by atoms with Gasteiger partial charge in [0.1, 0.15) is 11.3 Å². The number of hydrogen-bond donors (Lipinski definition) is 0. The first-order valence-corrected chi connectivity index (χ1v) is 8.61. The first-order chi connectivity index (χ1) is 13.6. The fraction of sp³-hybridized carbons (Fsp3) is 0.238. The van der Waals surface area contributed by atoms with Gasteiger partial charge in [-0.1, -0.05) is 18.2 Å². The van der Waals surface area contributed by atoms with Crippen molar-refractivity contribution >= 4 is 16.9 Å².